The summed E-state index contributed by atoms with van der Waals surface area (Å²) in [5.74, 6) is 2.57. The molecule has 1 saturated heterocycles. The van der Waals surface area contributed by atoms with E-state index in [4.69, 9.17) is 28.7 Å². The fourth-order valence-electron chi connectivity index (χ4n) is 13.3. The number of rotatable bonds is 6. The highest BCUT2D eigenvalue weighted by Crippen LogP contribution is 2.60. The first kappa shape index (κ1) is 44.7. The van der Waals surface area contributed by atoms with E-state index in [-0.39, 0.29) is 66.3 Å². The van der Waals surface area contributed by atoms with Crippen LogP contribution in [0.2, 0.25) is 0 Å². The number of amides is 1. The van der Waals surface area contributed by atoms with Crippen molar-refractivity contribution in [3.8, 4) is 29.3 Å². The molecule has 5 aliphatic heterocycles. The van der Waals surface area contributed by atoms with Crippen molar-refractivity contribution >= 4 is 40.3 Å². The molecule has 14 heteroatoms. The maximum absolute atomic E-state index is 15.4. The molecule has 1 amide bonds. The summed E-state index contributed by atoms with van der Waals surface area (Å²) >= 11 is 0. The third-order valence-electron chi connectivity index (χ3n) is 16.8. The van der Waals surface area contributed by atoms with Crippen LogP contribution in [0.1, 0.15) is 111 Å². The molecule has 71 heavy (non-hydrogen) atoms. The van der Waals surface area contributed by atoms with Crippen LogP contribution in [0.15, 0.2) is 69.9 Å². The summed E-state index contributed by atoms with van der Waals surface area (Å²) < 4.78 is 32.9. The molecular formula is C57H56N3O11+. The van der Waals surface area contributed by atoms with Crippen LogP contribution in [0.5, 0.6) is 17.2 Å². The van der Waals surface area contributed by atoms with E-state index in [1.165, 1.54) is 17.7 Å². The average Bonchev–Trinajstić information content (AvgIpc) is 4.22. The van der Waals surface area contributed by atoms with Crippen LogP contribution < -0.4 is 14.8 Å². The Hall–Kier alpha value is -6.18. The molecule has 3 fully saturated rings. The summed E-state index contributed by atoms with van der Waals surface area (Å²) in [5.41, 5.74) is 7.03. The van der Waals surface area contributed by atoms with Crippen molar-refractivity contribution in [3.63, 3.8) is 0 Å². The first-order chi connectivity index (χ1) is 34.6. The molecule has 0 radical (unpaired) electrons. The van der Waals surface area contributed by atoms with E-state index in [1.54, 1.807) is 25.5 Å². The molecule has 3 aromatic carbocycles. The molecule has 5 N–H and O–H groups in total. The van der Waals surface area contributed by atoms with Gasteiger partial charge in [0.25, 0.3) is 5.91 Å². The summed E-state index contributed by atoms with van der Waals surface area (Å²) in [6.45, 7) is -0.647. The number of aliphatic imine (C=N–C) groups is 1. The summed E-state index contributed by atoms with van der Waals surface area (Å²) in [4.78, 5) is 35.9. The van der Waals surface area contributed by atoms with E-state index in [0.29, 0.717) is 47.7 Å². The normalized spacial score (nSPS) is 30.7. The van der Waals surface area contributed by atoms with Gasteiger partial charge in [0.2, 0.25) is 6.29 Å². The van der Waals surface area contributed by atoms with Crippen molar-refractivity contribution in [3.05, 3.63) is 116 Å². The summed E-state index contributed by atoms with van der Waals surface area (Å²) in [6, 6.07) is 5.87. The minimum Gasteiger partial charge on any atom is -0.506 e. The Bertz CT molecular complexity index is 3090. The Morgan fingerprint density at radius 1 is 1.04 bits per heavy atom. The number of aliphatic hydroxyl groups excluding tert-OH is 2. The Morgan fingerprint density at radius 2 is 1.92 bits per heavy atom. The van der Waals surface area contributed by atoms with E-state index in [9.17, 15) is 25.2 Å². The third-order valence-corrected chi connectivity index (χ3v) is 16.8. The Labute approximate surface area is 411 Å². The van der Waals surface area contributed by atoms with Gasteiger partial charge in [0.1, 0.15) is 47.2 Å². The number of fused-ring (bicyclic) bond motifs is 8. The molecule has 8 bridgehead atoms. The number of carbonyl (C=O) groups is 2. The van der Waals surface area contributed by atoms with Gasteiger partial charge < -0.3 is 54.3 Å². The molecular weight excluding hydrogens is 903 g/mol. The van der Waals surface area contributed by atoms with Crippen molar-refractivity contribution in [2.45, 2.75) is 119 Å². The number of aromatic hydroxyl groups is 1. The lowest BCUT2D eigenvalue weighted by Crippen LogP contribution is -2.70. The summed E-state index contributed by atoms with van der Waals surface area (Å²) in [6.07, 6.45) is 18.6. The first-order valence-corrected chi connectivity index (χ1v) is 25.3. The lowest BCUT2D eigenvalue weighted by atomic mass is 9.69. The fourth-order valence-corrected chi connectivity index (χ4v) is 13.3. The Morgan fingerprint density at radius 3 is 2.76 bits per heavy atom. The lowest BCUT2D eigenvalue weighted by molar-refractivity contribution is -0.327. The van der Waals surface area contributed by atoms with Gasteiger partial charge in [-0.05, 0) is 96.4 Å². The predicted molar refractivity (Wildman–Crippen MR) is 263 cm³/mol. The van der Waals surface area contributed by atoms with E-state index in [2.05, 4.69) is 35.9 Å². The second-order valence-electron chi connectivity index (χ2n) is 20.7. The number of benzene rings is 3. The second-order valence-corrected chi connectivity index (χ2v) is 20.7. The zero-order valence-electron chi connectivity index (χ0n) is 39.5. The highest BCUT2D eigenvalue weighted by Gasteiger charge is 2.59. The molecule has 5 aliphatic carbocycles. The number of nitrogens with one attached hydrogen (secondary N) is 1. The quantitative estimate of drug-likeness (QED) is 0.142. The second kappa shape index (κ2) is 17.3. The third kappa shape index (κ3) is 6.99. The molecule has 2 saturated carbocycles. The van der Waals surface area contributed by atoms with Gasteiger partial charge in [-0.15, -0.1) is 0 Å². The van der Waals surface area contributed by atoms with Gasteiger partial charge in [0.05, 0.1) is 55.2 Å². The number of ether oxygens (including phenoxy) is 5. The lowest BCUT2D eigenvalue weighted by Gasteiger charge is -2.47. The van der Waals surface area contributed by atoms with Gasteiger partial charge >= 0.3 is 0 Å². The highest BCUT2D eigenvalue weighted by atomic mass is 16.7. The van der Waals surface area contributed by atoms with Crippen molar-refractivity contribution in [2.24, 2.45) is 10.9 Å². The molecule has 0 aromatic heterocycles. The number of phenols is 1. The molecule has 8 atom stereocenters. The fraction of sp³-hybridized carbons (Fsp3) is 0.439. The van der Waals surface area contributed by atoms with Crippen molar-refractivity contribution in [1.29, 1.82) is 0 Å². The number of hydrogen-bond acceptors (Lipinski definition) is 13. The minimum absolute atomic E-state index is 0.0136. The number of nitrogens with zero attached hydrogens (tertiary/aromatic N) is 2. The number of ketones is 1. The van der Waals surface area contributed by atoms with Crippen molar-refractivity contribution < 1.29 is 53.7 Å². The van der Waals surface area contributed by atoms with Crippen LogP contribution in [-0.4, -0.2) is 119 Å². The zero-order valence-corrected chi connectivity index (χ0v) is 39.5. The van der Waals surface area contributed by atoms with Crippen molar-refractivity contribution in [1.82, 2.24) is 10.2 Å². The van der Waals surface area contributed by atoms with Crippen molar-refractivity contribution in [2.75, 3.05) is 33.4 Å². The van der Waals surface area contributed by atoms with Crippen LogP contribution in [0.4, 0.5) is 0 Å². The average molecular weight is 959 g/mol. The molecule has 364 valence electrons. The zero-order chi connectivity index (χ0) is 48.3. The number of aryl methyl sites for hydroxylation is 1. The smallest absolute Gasteiger partial charge is 0.254 e. The molecule has 10 aliphatic rings. The standard InChI is InChI=1S/C57H55N3O11/c1-67-52-36-16-15-32-22-31-8-5-12-34(31)46-45(32)47(36)49-51(64)48(46)42(62)26-60-25-40-30(7-4-13-35(40)55(60)65)9-6-20-68-54-50(63)44-27-69-43(19-17-37(52)53(49)71-56(70-44)57(54,66)28-61)39-24-59-41-18-14-29(21-38(39)41)23-58-33-10-2-3-11-33/h4,7,13-14,17-19,21-22,24,31,33-34,43-44,50,54,56,58,61,63,66H,2-3,5,8-12,15-16,23,25-28H2,1H3/p+1/b19-17+/t31-,34-,43+,44+,50+,54-,56+,57+/m0/s1. The molecule has 3 aromatic rings. The van der Waals surface area contributed by atoms with E-state index >= 15 is 4.79 Å². The van der Waals surface area contributed by atoms with Gasteiger partial charge in [-0.2, -0.15) is 4.99 Å². The maximum Gasteiger partial charge on any atom is 0.254 e. The highest BCUT2D eigenvalue weighted by molar-refractivity contribution is 6.17. The van der Waals surface area contributed by atoms with Crippen LogP contribution in [0.3, 0.4) is 0 Å². The number of allylic oxidation sites excluding steroid dienone is 5. The number of aliphatic hydroxyl groups is 3. The molecule has 13 rings (SSSR count). The van der Waals surface area contributed by atoms with Gasteiger partial charge in [0, 0.05) is 66.2 Å². The van der Waals surface area contributed by atoms with Crippen LogP contribution in [0, 0.1) is 24.4 Å². The maximum atomic E-state index is 15.4. The van der Waals surface area contributed by atoms with Crippen LogP contribution in [0.25, 0.3) is 22.4 Å². The first-order valence-electron chi connectivity index (χ1n) is 25.3. The number of hydrogen-bond donors (Lipinski definition) is 5. The van der Waals surface area contributed by atoms with Gasteiger partial charge in [-0.3, -0.25) is 9.59 Å². The molecule has 14 nitrogen and oxygen atoms in total. The number of phenolic OH excluding ortho intramolecular Hbond substituents is 1. The van der Waals surface area contributed by atoms with E-state index < -0.39 is 48.7 Å². The molecule has 5 heterocycles. The Kier molecular flexibility index (Phi) is 10.9. The molecule has 0 unspecified atom stereocenters. The number of carbonyl (C=O) groups excluding carboxylic acids is 2. The van der Waals surface area contributed by atoms with Crippen LogP contribution >= 0.6 is 0 Å². The summed E-state index contributed by atoms with van der Waals surface area (Å²) in [5, 5.41) is 54.0. The molecule has 0 spiro atoms. The van der Waals surface area contributed by atoms with Gasteiger partial charge in [0.15, 0.2) is 23.2 Å². The monoisotopic (exact) mass is 958 g/mol. The SMILES string of the molecule is COc1c2c3c4c(O)c(c5c6c4c1CCC6=C[C@@H]1CCC[C@H]51)C(=O)CN1Cc4c(cccc4C1=O)CC#CO[C@H]1[C@H](O)[C@@H](CO[C@@H](C4=C5[CH+]C(CNC6CCCC6)=CC=C5N=C4)/C=C/2)O[C@H](O3)[C@@]1(O)CO. The van der Waals surface area contributed by atoms with E-state index in [1.807, 2.05) is 24.3 Å². The number of methoxy groups -OCH3 is 1. The van der Waals surface area contributed by atoms with Gasteiger partial charge in [-0.1, -0.05) is 43.4 Å². The predicted octanol–water partition coefficient (Wildman–Crippen LogP) is 6.06. The Balaban J connectivity index is 1.04. The van der Waals surface area contributed by atoms with Crippen LogP contribution in [-0.2, 0) is 33.6 Å². The summed E-state index contributed by atoms with van der Waals surface area (Å²) in [7, 11) is 1.58. The van der Waals surface area contributed by atoms with E-state index in [0.717, 1.165) is 87.9 Å². The number of Topliss-reactive ketones (excluding diaryl/α,β-unsaturated/α-hetero) is 1. The topological polar surface area (TPSA) is 189 Å². The minimum atomic E-state index is -2.46. The van der Waals surface area contributed by atoms with Gasteiger partial charge in [-0.25, -0.2) is 0 Å². The largest absolute Gasteiger partial charge is 0.506 e.